The molecule has 0 fully saturated rings. The van der Waals surface area contributed by atoms with Crippen LogP contribution in [-0.4, -0.2) is 12.1 Å². The zero-order valence-electron chi connectivity index (χ0n) is 5.68. The van der Waals surface area contributed by atoms with Gasteiger partial charge in [0.05, 0.1) is 6.26 Å². The topological polar surface area (TPSA) is 42.2 Å². The number of hydrogen-bond acceptors (Lipinski definition) is 2. The maximum absolute atomic E-state index is 11.6. The first kappa shape index (κ1) is 8.63. The molecule has 0 aromatic carbocycles. The number of alkyl halides is 3. The van der Waals surface area contributed by atoms with Gasteiger partial charge in [-0.3, -0.25) is 10.1 Å². The Bertz CT molecular complexity index is 265. The highest BCUT2D eigenvalue weighted by atomic mass is 19.4. The fourth-order valence-corrected chi connectivity index (χ4v) is 0.532. The van der Waals surface area contributed by atoms with Crippen LogP contribution in [0.3, 0.4) is 0 Å². The predicted molar refractivity (Wildman–Crippen MR) is 33.4 cm³/mol. The normalized spacial score (nSPS) is 11.2. The largest absolute Gasteiger partial charge is 0.471 e. The average Bonchev–Trinajstić information content (AvgIpc) is 2.37. The van der Waals surface area contributed by atoms with Gasteiger partial charge in [0.2, 0.25) is 0 Å². The van der Waals surface area contributed by atoms with E-state index in [1.165, 1.54) is 17.4 Å². The number of carbonyl (C=O) groups excluding carboxylic acids is 1. The molecule has 1 aromatic heterocycles. The number of amides is 1. The second-order valence-electron chi connectivity index (χ2n) is 1.93. The van der Waals surface area contributed by atoms with Gasteiger partial charge in [-0.15, -0.1) is 0 Å². The number of hydrogen-bond donors (Lipinski definition) is 1. The van der Waals surface area contributed by atoms with Crippen molar-refractivity contribution >= 4 is 11.8 Å². The van der Waals surface area contributed by atoms with E-state index in [9.17, 15) is 18.0 Å². The number of furan rings is 1. The lowest BCUT2D eigenvalue weighted by Gasteiger charge is -2.03. The predicted octanol–water partition coefficient (Wildman–Crippen LogP) is 1.78. The molecule has 12 heavy (non-hydrogen) atoms. The maximum atomic E-state index is 11.6. The van der Waals surface area contributed by atoms with Crippen LogP contribution in [0.1, 0.15) is 0 Å². The van der Waals surface area contributed by atoms with Crippen molar-refractivity contribution in [2.24, 2.45) is 0 Å². The fraction of sp³-hybridized carbons (Fsp3) is 0.167. The lowest BCUT2D eigenvalue weighted by atomic mass is 10.5. The highest BCUT2D eigenvalue weighted by Crippen LogP contribution is 2.17. The summed E-state index contributed by atoms with van der Waals surface area (Å²) >= 11 is 0. The van der Waals surface area contributed by atoms with Gasteiger partial charge in [0.25, 0.3) is 0 Å². The Kier molecular flexibility index (Phi) is 2.07. The molecule has 0 atom stereocenters. The summed E-state index contributed by atoms with van der Waals surface area (Å²) in [6.45, 7) is 0. The van der Waals surface area contributed by atoms with Gasteiger partial charge in [0.15, 0.2) is 5.88 Å². The van der Waals surface area contributed by atoms with E-state index in [1.807, 2.05) is 0 Å². The Labute approximate surface area is 65.2 Å². The second-order valence-corrected chi connectivity index (χ2v) is 1.93. The Morgan fingerprint density at radius 2 is 2.17 bits per heavy atom. The van der Waals surface area contributed by atoms with Gasteiger partial charge < -0.3 is 4.42 Å². The molecule has 0 saturated heterocycles. The smallest absolute Gasteiger partial charge is 0.449 e. The number of carbonyl (C=O) groups is 1. The zero-order chi connectivity index (χ0) is 9.19. The summed E-state index contributed by atoms with van der Waals surface area (Å²) in [5, 5.41) is 1.53. The molecule has 0 spiro atoms. The van der Waals surface area contributed by atoms with Crippen LogP contribution in [0.5, 0.6) is 0 Å². The van der Waals surface area contributed by atoms with Crippen LogP contribution in [0, 0.1) is 0 Å². The van der Waals surface area contributed by atoms with Crippen LogP contribution in [-0.2, 0) is 4.79 Å². The zero-order valence-corrected chi connectivity index (χ0v) is 5.68. The number of halogens is 3. The first-order valence-corrected chi connectivity index (χ1v) is 2.92. The van der Waals surface area contributed by atoms with Crippen molar-refractivity contribution < 1.29 is 22.4 Å². The van der Waals surface area contributed by atoms with Crippen LogP contribution in [0.4, 0.5) is 19.1 Å². The van der Waals surface area contributed by atoms with Crippen molar-refractivity contribution in [1.82, 2.24) is 0 Å². The molecule has 1 N–H and O–H groups in total. The molecular weight excluding hydrogens is 175 g/mol. The summed E-state index contributed by atoms with van der Waals surface area (Å²) in [4.78, 5) is 10.2. The van der Waals surface area contributed by atoms with E-state index in [-0.39, 0.29) is 5.88 Å². The summed E-state index contributed by atoms with van der Waals surface area (Å²) in [7, 11) is 0. The molecule has 1 amide bonds. The van der Waals surface area contributed by atoms with Gasteiger partial charge in [0.1, 0.15) is 0 Å². The van der Waals surface area contributed by atoms with Gasteiger partial charge in [0, 0.05) is 6.07 Å². The van der Waals surface area contributed by atoms with Crippen LogP contribution >= 0.6 is 0 Å². The van der Waals surface area contributed by atoms with Crippen LogP contribution in [0.25, 0.3) is 0 Å². The minimum Gasteiger partial charge on any atom is -0.449 e. The summed E-state index contributed by atoms with van der Waals surface area (Å²) in [5.41, 5.74) is 0. The van der Waals surface area contributed by atoms with E-state index in [4.69, 9.17) is 0 Å². The molecule has 0 saturated carbocycles. The van der Waals surface area contributed by atoms with Crippen molar-refractivity contribution in [2.75, 3.05) is 5.32 Å². The Balaban J connectivity index is 2.60. The SMILES string of the molecule is O=C(Nc1ccco1)C(F)(F)F. The first-order chi connectivity index (χ1) is 5.50. The second kappa shape index (κ2) is 2.88. The minimum atomic E-state index is -4.88. The average molecular weight is 179 g/mol. The first-order valence-electron chi connectivity index (χ1n) is 2.92. The summed E-state index contributed by atoms with van der Waals surface area (Å²) in [6.07, 6.45) is -3.72. The Hall–Kier alpha value is -1.46. The van der Waals surface area contributed by atoms with Gasteiger partial charge in [-0.2, -0.15) is 13.2 Å². The van der Waals surface area contributed by atoms with Gasteiger partial charge in [-0.05, 0) is 6.07 Å². The molecule has 3 nitrogen and oxygen atoms in total. The number of rotatable bonds is 1. The van der Waals surface area contributed by atoms with Gasteiger partial charge >= 0.3 is 12.1 Å². The van der Waals surface area contributed by atoms with Crippen molar-refractivity contribution in [3.05, 3.63) is 18.4 Å². The summed E-state index contributed by atoms with van der Waals surface area (Å²) in [6, 6.07) is 2.58. The molecule has 0 radical (unpaired) electrons. The number of nitrogens with one attached hydrogen (secondary N) is 1. The highest BCUT2D eigenvalue weighted by molar-refractivity contribution is 5.93. The molecule has 6 heteroatoms. The van der Waals surface area contributed by atoms with Crippen molar-refractivity contribution in [3.63, 3.8) is 0 Å². The van der Waals surface area contributed by atoms with Crippen molar-refractivity contribution in [2.45, 2.75) is 6.18 Å². The third kappa shape index (κ3) is 2.01. The molecule has 0 aliphatic heterocycles. The Morgan fingerprint density at radius 1 is 1.50 bits per heavy atom. The van der Waals surface area contributed by atoms with E-state index < -0.39 is 12.1 Å². The minimum absolute atomic E-state index is 0.225. The van der Waals surface area contributed by atoms with Crippen LogP contribution in [0.15, 0.2) is 22.8 Å². The molecule has 1 rings (SSSR count). The molecular formula is C6H4F3NO2. The molecule has 0 bridgehead atoms. The van der Waals surface area contributed by atoms with E-state index in [0.29, 0.717) is 0 Å². The van der Waals surface area contributed by atoms with E-state index in [0.717, 1.165) is 6.26 Å². The van der Waals surface area contributed by atoms with Gasteiger partial charge in [-0.25, -0.2) is 0 Å². The summed E-state index contributed by atoms with van der Waals surface area (Å²) in [5.74, 6) is -2.27. The highest BCUT2D eigenvalue weighted by Gasteiger charge is 2.39. The molecule has 1 aromatic rings. The van der Waals surface area contributed by atoms with Crippen molar-refractivity contribution in [3.8, 4) is 0 Å². The van der Waals surface area contributed by atoms with Crippen LogP contribution < -0.4 is 5.32 Å². The molecule has 0 unspecified atom stereocenters. The number of anilines is 1. The van der Waals surface area contributed by atoms with Gasteiger partial charge in [-0.1, -0.05) is 0 Å². The lowest BCUT2D eigenvalue weighted by Crippen LogP contribution is -2.29. The Morgan fingerprint density at radius 3 is 2.58 bits per heavy atom. The molecule has 0 aliphatic carbocycles. The molecule has 0 aliphatic rings. The van der Waals surface area contributed by atoms with Crippen LogP contribution in [0.2, 0.25) is 0 Å². The third-order valence-electron chi connectivity index (χ3n) is 1.02. The standard InChI is InChI=1S/C6H4F3NO2/c7-6(8,9)5(11)10-4-2-1-3-12-4/h1-3H,(H,10,11). The fourth-order valence-electron chi connectivity index (χ4n) is 0.532. The summed E-state index contributed by atoms with van der Waals surface area (Å²) < 4.78 is 39.2. The lowest BCUT2D eigenvalue weighted by molar-refractivity contribution is -0.167. The molecule has 66 valence electrons. The monoisotopic (exact) mass is 179 g/mol. The van der Waals surface area contributed by atoms with Crippen molar-refractivity contribution in [1.29, 1.82) is 0 Å². The van der Waals surface area contributed by atoms with E-state index in [1.54, 1.807) is 0 Å². The quantitative estimate of drug-likeness (QED) is 0.713. The van der Waals surface area contributed by atoms with E-state index >= 15 is 0 Å². The van der Waals surface area contributed by atoms with E-state index in [2.05, 4.69) is 4.42 Å². The molecule has 1 heterocycles. The third-order valence-corrected chi connectivity index (χ3v) is 1.02. The maximum Gasteiger partial charge on any atom is 0.471 e.